The predicted octanol–water partition coefficient (Wildman–Crippen LogP) is 4.60. The summed E-state index contributed by atoms with van der Waals surface area (Å²) in [6.07, 6.45) is 5.20. The first-order valence-corrected chi connectivity index (χ1v) is 10.6. The molecule has 0 aromatic heterocycles. The third-order valence-corrected chi connectivity index (χ3v) is 5.84. The second-order valence-corrected chi connectivity index (χ2v) is 8.48. The van der Waals surface area contributed by atoms with E-state index in [1.54, 1.807) is 18.2 Å². The van der Waals surface area contributed by atoms with E-state index in [4.69, 9.17) is 0 Å². The van der Waals surface area contributed by atoms with Crippen LogP contribution < -0.4 is 10.2 Å². The molecule has 2 aromatic rings. The molecule has 3 amide bonds. The van der Waals surface area contributed by atoms with Crippen molar-refractivity contribution in [1.29, 1.82) is 0 Å². The molecule has 31 heavy (non-hydrogen) atoms. The second-order valence-electron chi connectivity index (χ2n) is 7.48. The Labute approximate surface area is 186 Å². The molecule has 1 aliphatic heterocycles. The maximum Gasteiger partial charge on any atom is 0.294 e. The van der Waals surface area contributed by atoms with Crippen molar-refractivity contribution in [3.8, 4) is 0 Å². The molecule has 0 saturated carbocycles. The van der Waals surface area contributed by atoms with Gasteiger partial charge in [0.25, 0.3) is 11.1 Å². The first-order chi connectivity index (χ1) is 14.7. The highest BCUT2D eigenvalue weighted by Gasteiger charge is 2.35. The summed E-state index contributed by atoms with van der Waals surface area (Å²) >= 11 is 0.837. The van der Waals surface area contributed by atoms with Crippen LogP contribution in [0.15, 0.2) is 59.5 Å². The zero-order chi connectivity index (χ0) is 22.5. The quantitative estimate of drug-likeness (QED) is 0.672. The van der Waals surface area contributed by atoms with Gasteiger partial charge >= 0.3 is 0 Å². The highest BCUT2D eigenvalue weighted by Crippen LogP contribution is 2.30. The van der Waals surface area contributed by atoms with Crippen LogP contribution in [0.5, 0.6) is 0 Å². The number of nitrogens with one attached hydrogen (secondary N) is 1. The number of amides is 3. The summed E-state index contributed by atoms with van der Waals surface area (Å²) in [4.78, 5) is 40.4. The van der Waals surface area contributed by atoms with Crippen LogP contribution in [-0.2, 0) is 9.59 Å². The Morgan fingerprint density at radius 2 is 1.77 bits per heavy atom. The Morgan fingerprint density at radius 3 is 2.42 bits per heavy atom. The number of carbonyl (C=O) groups excluding carboxylic acids is 3. The average molecular weight is 436 g/mol. The number of imide groups is 1. The lowest BCUT2D eigenvalue weighted by molar-refractivity contribution is -0.127. The Balaban J connectivity index is 1.61. The van der Waals surface area contributed by atoms with Crippen LogP contribution in [0.3, 0.4) is 0 Å². The van der Waals surface area contributed by atoms with E-state index >= 15 is 0 Å². The molecule has 0 bridgehead atoms. The van der Waals surface area contributed by atoms with Gasteiger partial charge in [0.15, 0.2) is 0 Å². The van der Waals surface area contributed by atoms with E-state index in [0.29, 0.717) is 10.6 Å². The minimum atomic E-state index is -0.460. The van der Waals surface area contributed by atoms with Crippen molar-refractivity contribution in [2.45, 2.75) is 13.8 Å². The van der Waals surface area contributed by atoms with Crippen molar-refractivity contribution in [3.63, 3.8) is 0 Å². The van der Waals surface area contributed by atoms with Crippen LogP contribution in [0, 0.1) is 13.8 Å². The first-order valence-electron chi connectivity index (χ1n) is 9.81. The van der Waals surface area contributed by atoms with Crippen molar-refractivity contribution in [3.05, 3.63) is 76.2 Å². The fourth-order valence-corrected chi connectivity index (χ4v) is 3.73. The lowest BCUT2D eigenvalue weighted by Gasteiger charge is -2.13. The second kappa shape index (κ2) is 9.66. The topological polar surface area (TPSA) is 69.7 Å². The number of hydrogen-bond acceptors (Lipinski definition) is 5. The van der Waals surface area contributed by atoms with Crippen LogP contribution in [0.1, 0.15) is 16.7 Å². The fraction of sp³-hybridized carbons (Fsp3) is 0.208. The summed E-state index contributed by atoms with van der Waals surface area (Å²) in [5.74, 6) is -0.874. The normalized spacial score (nSPS) is 15.2. The van der Waals surface area contributed by atoms with Crippen molar-refractivity contribution in [2.24, 2.45) is 0 Å². The van der Waals surface area contributed by atoms with Crippen LogP contribution in [-0.4, -0.2) is 42.6 Å². The number of thioether (sulfide) groups is 1. The number of hydrogen-bond donors (Lipinski definition) is 1. The van der Waals surface area contributed by atoms with Crippen LogP contribution in [0.4, 0.5) is 16.2 Å². The SMILES string of the molecule is Cc1ccc(NC(=O)CN2C(=O)SC(=CC=Cc3ccc(N(C)C)cc3)C2=O)cc1C. The van der Waals surface area contributed by atoms with Crippen molar-refractivity contribution in [2.75, 3.05) is 30.9 Å². The minimum Gasteiger partial charge on any atom is -0.378 e. The van der Waals surface area contributed by atoms with Crippen molar-refractivity contribution in [1.82, 2.24) is 4.90 Å². The van der Waals surface area contributed by atoms with E-state index in [1.165, 1.54) is 0 Å². The number of anilines is 2. The summed E-state index contributed by atoms with van der Waals surface area (Å²) in [5, 5.41) is 2.29. The number of carbonyl (C=O) groups is 3. The Hall–Kier alpha value is -3.32. The van der Waals surface area contributed by atoms with E-state index in [2.05, 4.69) is 5.32 Å². The van der Waals surface area contributed by atoms with Crippen LogP contribution >= 0.6 is 11.8 Å². The summed E-state index contributed by atoms with van der Waals surface area (Å²) < 4.78 is 0. The molecule has 0 aliphatic carbocycles. The lowest BCUT2D eigenvalue weighted by Crippen LogP contribution is -2.36. The third-order valence-electron chi connectivity index (χ3n) is 4.91. The van der Waals surface area contributed by atoms with E-state index in [-0.39, 0.29) is 6.54 Å². The molecule has 0 spiro atoms. The number of aryl methyl sites for hydroxylation is 2. The van der Waals surface area contributed by atoms with Gasteiger partial charge in [-0.2, -0.15) is 0 Å². The van der Waals surface area contributed by atoms with Crippen molar-refractivity contribution >= 4 is 46.3 Å². The molecule has 1 N–H and O–H groups in total. The van der Waals surface area contributed by atoms with Gasteiger partial charge in [-0.3, -0.25) is 19.3 Å². The molecular weight excluding hydrogens is 410 g/mol. The monoisotopic (exact) mass is 435 g/mol. The molecular formula is C24H25N3O3S. The standard InChI is InChI=1S/C24H25N3O3S/c1-16-8-11-19(14-17(16)2)25-22(28)15-27-23(29)21(31-24(27)30)7-5-6-18-9-12-20(13-10-18)26(3)4/h5-14H,15H2,1-4H3,(H,25,28). The minimum absolute atomic E-state index is 0.296. The van der Waals surface area contributed by atoms with Gasteiger partial charge in [0.05, 0.1) is 4.91 Å². The van der Waals surface area contributed by atoms with Gasteiger partial charge in [-0.1, -0.05) is 30.4 Å². The molecule has 6 nitrogen and oxygen atoms in total. The van der Waals surface area contributed by atoms with Gasteiger partial charge in [0.2, 0.25) is 5.91 Å². The van der Waals surface area contributed by atoms with Gasteiger partial charge in [0, 0.05) is 25.5 Å². The molecule has 0 radical (unpaired) electrons. The zero-order valence-corrected chi connectivity index (χ0v) is 18.8. The molecule has 1 fully saturated rings. The van der Waals surface area contributed by atoms with E-state index < -0.39 is 17.1 Å². The summed E-state index contributed by atoms with van der Waals surface area (Å²) in [6.45, 7) is 3.63. The van der Waals surface area contributed by atoms with E-state index in [1.807, 2.05) is 75.3 Å². The van der Waals surface area contributed by atoms with Gasteiger partial charge in [-0.25, -0.2) is 0 Å². The molecule has 0 atom stereocenters. The molecule has 3 rings (SSSR count). The molecule has 1 heterocycles. The molecule has 1 saturated heterocycles. The van der Waals surface area contributed by atoms with Gasteiger partial charge in [0.1, 0.15) is 6.54 Å². The largest absolute Gasteiger partial charge is 0.378 e. The summed E-state index contributed by atoms with van der Waals surface area (Å²) in [6, 6.07) is 13.5. The first kappa shape index (κ1) is 22.4. The van der Waals surface area contributed by atoms with Gasteiger partial charge in [-0.15, -0.1) is 0 Å². The summed E-state index contributed by atoms with van der Waals surface area (Å²) in [7, 11) is 3.95. The number of nitrogens with zero attached hydrogens (tertiary/aromatic N) is 2. The highest BCUT2D eigenvalue weighted by molar-refractivity contribution is 8.18. The van der Waals surface area contributed by atoms with Crippen molar-refractivity contribution < 1.29 is 14.4 Å². The Bertz CT molecular complexity index is 1070. The number of rotatable bonds is 6. The number of allylic oxidation sites excluding steroid dienone is 2. The van der Waals surface area contributed by atoms with Gasteiger partial charge in [-0.05, 0) is 72.6 Å². The molecule has 7 heteroatoms. The van der Waals surface area contributed by atoms with E-state index in [9.17, 15) is 14.4 Å². The Kier molecular flexibility index (Phi) is 6.97. The maximum absolute atomic E-state index is 12.6. The zero-order valence-electron chi connectivity index (χ0n) is 18.0. The fourth-order valence-electron chi connectivity index (χ4n) is 2.94. The highest BCUT2D eigenvalue weighted by atomic mass is 32.2. The van der Waals surface area contributed by atoms with E-state index in [0.717, 1.165) is 39.0 Å². The van der Waals surface area contributed by atoms with Gasteiger partial charge < -0.3 is 10.2 Å². The predicted molar refractivity (Wildman–Crippen MR) is 127 cm³/mol. The molecule has 1 aliphatic rings. The van der Waals surface area contributed by atoms with Crippen LogP contribution in [0.2, 0.25) is 0 Å². The molecule has 160 valence electrons. The Morgan fingerprint density at radius 1 is 1.06 bits per heavy atom. The lowest BCUT2D eigenvalue weighted by atomic mass is 10.1. The van der Waals surface area contributed by atoms with Crippen LogP contribution in [0.25, 0.3) is 6.08 Å². The molecule has 2 aromatic carbocycles. The summed E-state index contributed by atoms with van der Waals surface area (Å²) in [5.41, 5.74) is 4.89. The maximum atomic E-state index is 12.6. The average Bonchev–Trinajstić information content (AvgIpc) is 2.98. The number of benzene rings is 2. The third kappa shape index (κ3) is 5.64. The molecule has 0 unspecified atom stereocenters. The smallest absolute Gasteiger partial charge is 0.294 e.